The zero-order valence-corrected chi connectivity index (χ0v) is 12.5. The second kappa shape index (κ2) is 6.56. The van der Waals surface area contributed by atoms with Crippen LogP contribution in [0.15, 0.2) is 11.4 Å². The molecular weight excluding hydrogens is 277 g/mol. The third-order valence-corrected chi connectivity index (χ3v) is 4.31. The van der Waals surface area contributed by atoms with Crippen LogP contribution in [0, 0.1) is 5.92 Å². The molecule has 0 saturated carbocycles. The average Bonchev–Trinajstić information content (AvgIpc) is 2.96. The first kappa shape index (κ1) is 15.9. The molecule has 0 unspecified atom stereocenters. The normalized spacial score (nSPS) is 26.7. The van der Waals surface area contributed by atoms with E-state index in [9.17, 15) is 14.0 Å². The summed E-state index contributed by atoms with van der Waals surface area (Å²) in [6.07, 6.45) is 2.02. The van der Waals surface area contributed by atoms with Crippen LogP contribution in [0.2, 0.25) is 0 Å². The number of likely N-dealkylation sites (tertiary alicyclic amines) is 1. The maximum absolute atomic E-state index is 13.6. The minimum Gasteiger partial charge on any atom is -0.479 e. The molecule has 1 amide bonds. The Labute approximate surface area is 123 Å². The first-order chi connectivity index (χ1) is 9.90. The van der Waals surface area contributed by atoms with E-state index in [0.29, 0.717) is 25.1 Å². The van der Waals surface area contributed by atoms with Gasteiger partial charge >= 0.3 is 5.97 Å². The van der Waals surface area contributed by atoms with E-state index < -0.39 is 23.8 Å². The van der Waals surface area contributed by atoms with Crippen molar-refractivity contribution >= 4 is 11.9 Å². The maximum atomic E-state index is 13.6. The number of hydrogen-bond donors (Lipinski definition) is 1. The van der Waals surface area contributed by atoms with Gasteiger partial charge in [0.1, 0.15) is 0 Å². The van der Waals surface area contributed by atoms with Crippen LogP contribution in [0.4, 0.5) is 4.39 Å². The largest absolute Gasteiger partial charge is 0.479 e. The summed E-state index contributed by atoms with van der Waals surface area (Å²) >= 11 is 0. The van der Waals surface area contributed by atoms with Gasteiger partial charge in [-0.2, -0.15) is 0 Å². The molecular formula is C15H22FNO4. The van der Waals surface area contributed by atoms with Crippen LogP contribution in [0.1, 0.15) is 39.5 Å². The molecule has 2 aliphatic heterocycles. The Morgan fingerprint density at radius 1 is 1.14 bits per heavy atom. The quantitative estimate of drug-likeness (QED) is 0.811. The molecule has 5 nitrogen and oxygen atoms in total. The second-order valence-electron chi connectivity index (χ2n) is 6.02. The summed E-state index contributed by atoms with van der Waals surface area (Å²) in [5.74, 6) is -1.86. The van der Waals surface area contributed by atoms with E-state index in [1.54, 1.807) is 13.8 Å². The maximum Gasteiger partial charge on any atom is 0.332 e. The third-order valence-electron chi connectivity index (χ3n) is 4.31. The Hall–Kier alpha value is -1.43. The van der Waals surface area contributed by atoms with Crippen LogP contribution in [0.5, 0.6) is 0 Å². The molecule has 0 radical (unpaired) electrons. The molecule has 1 N–H and O–H groups in total. The van der Waals surface area contributed by atoms with E-state index >= 15 is 0 Å². The lowest BCUT2D eigenvalue weighted by Crippen LogP contribution is -2.41. The molecule has 21 heavy (non-hydrogen) atoms. The topological polar surface area (TPSA) is 66.8 Å². The van der Waals surface area contributed by atoms with Crippen molar-refractivity contribution < 1.29 is 23.8 Å². The molecule has 0 aromatic rings. The minimum atomic E-state index is -0.907. The van der Waals surface area contributed by atoms with Crippen LogP contribution in [0.25, 0.3) is 0 Å². The molecule has 0 aromatic carbocycles. The molecule has 0 spiro atoms. The molecule has 2 atom stereocenters. The summed E-state index contributed by atoms with van der Waals surface area (Å²) in [7, 11) is 0. The van der Waals surface area contributed by atoms with Gasteiger partial charge < -0.3 is 14.7 Å². The first-order valence-electron chi connectivity index (χ1n) is 7.40. The number of allylic oxidation sites excluding steroid dienone is 1. The van der Waals surface area contributed by atoms with Gasteiger partial charge in [0.05, 0.1) is 6.10 Å². The highest BCUT2D eigenvalue weighted by atomic mass is 19.1. The van der Waals surface area contributed by atoms with Crippen molar-refractivity contribution in [2.75, 3.05) is 13.1 Å². The van der Waals surface area contributed by atoms with Gasteiger partial charge in [0.2, 0.25) is 0 Å². The number of carboxylic acid groups (broad SMARTS) is 1. The zero-order valence-electron chi connectivity index (χ0n) is 12.5. The van der Waals surface area contributed by atoms with Crippen LogP contribution in [-0.4, -0.2) is 47.2 Å². The standard InChI is InChI=1S/C15H22FNO4/c1-9(2)13(16)14(18)17-7-5-10(6-8-17)11-3-4-12(21-11)15(19)20/h10-12H,3-8H2,1-2H3,(H,19,20)/t11-,12+/m0/s1. The predicted octanol–water partition coefficient (Wildman–Crippen LogP) is 2.12. The Morgan fingerprint density at radius 2 is 1.76 bits per heavy atom. The highest BCUT2D eigenvalue weighted by Gasteiger charge is 2.37. The number of nitrogens with zero attached hydrogens (tertiary/aromatic N) is 1. The molecule has 6 heteroatoms. The van der Waals surface area contributed by atoms with E-state index in [1.165, 1.54) is 4.90 Å². The molecule has 0 bridgehead atoms. The number of rotatable bonds is 3. The van der Waals surface area contributed by atoms with Gasteiger partial charge in [-0.25, -0.2) is 9.18 Å². The summed E-state index contributed by atoms with van der Waals surface area (Å²) in [6.45, 7) is 4.17. The van der Waals surface area contributed by atoms with E-state index in [2.05, 4.69) is 0 Å². The Balaban J connectivity index is 1.85. The Kier molecular flexibility index (Phi) is 4.98. The molecule has 2 heterocycles. The van der Waals surface area contributed by atoms with Gasteiger partial charge in [-0.3, -0.25) is 4.79 Å². The number of aliphatic carboxylic acids is 1. The lowest BCUT2D eigenvalue weighted by Gasteiger charge is -2.34. The zero-order chi connectivity index (χ0) is 15.6. The lowest BCUT2D eigenvalue weighted by atomic mass is 9.89. The Morgan fingerprint density at radius 3 is 2.24 bits per heavy atom. The number of ether oxygens (including phenoxy) is 1. The lowest BCUT2D eigenvalue weighted by molar-refractivity contribution is -0.151. The average molecular weight is 299 g/mol. The van der Waals surface area contributed by atoms with Crippen molar-refractivity contribution in [2.45, 2.75) is 51.7 Å². The van der Waals surface area contributed by atoms with Gasteiger partial charge in [0.15, 0.2) is 11.9 Å². The SMILES string of the molecule is CC(C)=C(F)C(=O)N1CCC([C@@H]2CC[C@H](C(=O)O)O2)CC1. The fraction of sp³-hybridized carbons (Fsp3) is 0.733. The fourth-order valence-electron chi connectivity index (χ4n) is 3.02. The van der Waals surface area contributed by atoms with Gasteiger partial charge in [0.25, 0.3) is 5.91 Å². The molecule has 0 aliphatic carbocycles. The monoisotopic (exact) mass is 299 g/mol. The summed E-state index contributed by atoms with van der Waals surface area (Å²) < 4.78 is 19.2. The molecule has 2 aliphatic rings. The third kappa shape index (κ3) is 3.61. The molecule has 2 saturated heterocycles. The van der Waals surface area contributed by atoms with Gasteiger partial charge in [-0.15, -0.1) is 0 Å². The van der Waals surface area contributed by atoms with E-state index in [1.807, 2.05) is 0 Å². The van der Waals surface area contributed by atoms with Crippen LogP contribution < -0.4 is 0 Å². The number of carbonyl (C=O) groups is 2. The van der Waals surface area contributed by atoms with Crippen molar-refractivity contribution in [2.24, 2.45) is 5.92 Å². The smallest absolute Gasteiger partial charge is 0.332 e. The van der Waals surface area contributed by atoms with Crippen LogP contribution in [0.3, 0.4) is 0 Å². The van der Waals surface area contributed by atoms with Gasteiger partial charge in [-0.1, -0.05) is 0 Å². The molecule has 118 valence electrons. The van der Waals surface area contributed by atoms with Crippen molar-refractivity contribution in [3.05, 3.63) is 11.4 Å². The predicted molar refractivity (Wildman–Crippen MR) is 74.3 cm³/mol. The molecule has 0 aromatic heterocycles. The van der Waals surface area contributed by atoms with Crippen molar-refractivity contribution in [1.29, 1.82) is 0 Å². The summed E-state index contributed by atoms with van der Waals surface area (Å²) in [4.78, 5) is 24.3. The number of hydrogen-bond acceptors (Lipinski definition) is 3. The number of carbonyl (C=O) groups excluding carboxylic acids is 1. The summed E-state index contributed by atoms with van der Waals surface area (Å²) in [5.41, 5.74) is 0.394. The van der Waals surface area contributed by atoms with E-state index in [4.69, 9.17) is 9.84 Å². The van der Waals surface area contributed by atoms with Crippen LogP contribution >= 0.6 is 0 Å². The number of carboxylic acids is 1. The van der Waals surface area contributed by atoms with Crippen LogP contribution in [-0.2, 0) is 14.3 Å². The van der Waals surface area contributed by atoms with E-state index in [0.717, 1.165) is 19.3 Å². The van der Waals surface area contributed by atoms with E-state index in [-0.39, 0.29) is 12.0 Å². The second-order valence-corrected chi connectivity index (χ2v) is 6.02. The molecule has 2 fully saturated rings. The van der Waals surface area contributed by atoms with Crippen molar-refractivity contribution in [3.63, 3.8) is 0 Å². The minimum absolute atomic E-state index is 0.0448. The number of halogens is 1. The summed E-state index contributed by atoms with van der Waals surface area (Å²) in [6, 6.07) is 0. The number of amides is 1. The Bertz CT molecular complexity index is 451. The highest BCUT2D eigenvalue weighted by molar-refractivity contribution is 5.91. The molecule has 2 rings (SSSR count). The first-order valence-corrected chi connectivity index (χ1v) is 7.40. The van der Waals surface area contributed by atoms with Crippen molar-refractivity contribution in [3.8, 4) is 0 Å². The highest BCUT2D eigenvalue weighted by Crippen LogP contribution is 2.32. The van der Waals surface area contributed by atoms with Gasteiger partial charge in [0, 0.05) is 13.1 Å². The number of piperidine rings is 1. The fourth-order valence-corrected chi connectivity index (χ4v) is 3.02. The van der Waals surface area contributed by atoms with Gasteiger partial charge in [-0.05, 0) is 51.0 Å². The van der Waals surface area contributed by atoms with Crippen molar-refractivity contribution in [1.82, 2.24) is 4.90 Å². The summed E-state index contributed by atoms with van der Waals surface area (Å²) in [5, 5.41) is 8.93.